The van der Waals surface area contributed by atoms with Crippen molar-refractivity contribution in [3.63, 3.8) is 0 Å². The molecule has 2 aromatic heterocycles. The summed E-state index contributed by atoms with van der Waals surface area (Å²) in [6.45, 7) is 1.49. The maximum absolute atomic E-state index is 13.5. The summed E-state index contributed by atoms with van der Waals surface area (Å²) in [4.78, 5) is 24.7. The summed E-state index contributed by atoms with van der Waals surface area (Å²) in [5.41, 5.74) is 8.65. The molecule has 0 radical (unpaired) electrons. The quantitative estimate of drug-likeness (QED) is 0.695. The van der Waals surface area contributed by atoms with E-state index in [2.05, 4.69) is 9.88 Å². The van der Waals surface area contributed by atoms with Gasteiger partial charge in [0.25, 0.3) is 5.56 Å². The first kappa shape index (κ1) is 20.6. The number of hydrogen-bond acceptors (Lipinski definition) is 7. The number of nitrogens with two attached hydrogens (primary N) is 1. The molecule has 0 amide bonds. The molecule has 4 rings (SSSR count). The van der Waals surface area contributed by atoms with Crippen LogP contribution in [0.15, 0.2) is 47.4 Å². The Hall–Kier alpha value is -3.70. The van der Waals surface area contributed by atoms with Crippen molar-refractivity contribution in [1.29, 1.82) is 5.26 Å². The molecule has 0 saturated carbocycles. The zero-order valence-corrected chi connectivity index (χ0v) is 17.6. The van der Waals surface area contributed by atoms with Crippen LogP contribution in [0.4, 0.5) is 5.95 Å². The van der Waals surface area contributed by atoms with E-state index >= 15 is 0 Å². The molecule has 8 nitrogen and oxygen atoms in total. The van der Waals surface area contributed by atoms with Crippen LogP contribution in [-0.2, 0) is 7.05 Å². The topological polar surface area (TPSA) is 110 Å². The maximum atomic E-state index is 13.5. The Morgan fingerprint density at radius 2 is 1.81 bits per heavy atom. The Labute approximate surface area is 180 Å². The Morgan fingerprint density at radius 3 is 2.39 bits per heavy atom. The molecule has 1 saturated heterocycles. The molecule has 8 heteroatoms. The number of pyridine rings is 1. The van der Waals surface area contributed by atoms with Gasteiger partial charge in [-0.25, -0.2) is 9.97 Å². The Kier molecular flexibility index (Phi) is 5.69. The van der Waals surface area contributed by atoms with E-state index in [9.17, 15) is 4.79 Å². The van der Waals surface area contributed by atoms with Gasteiger partial charge in [0.2, 0.25) is 5.95 Å². The number of nitrogens with zero attached hydrogens (tertiary/aromatic N) is 5. The summed E-state index contributed by atoms with van der Waals surface area (Å²) in [7, 11) is 3.34. The minimum absolute atomic E-state index is 0.149. The maximum Gasteiger partial charge on any atom is 0.263 e. The fourth-order valence-corrected chi connectivity index (χ4v) is 3.80. The van der Waals surface area contributed by atoms with Crippen LogP contribution in [-0.4, -0.2) is 40.8 Å². The summed E-state index contributed by atoms with van der Waals surface area (Å²) in [5.74, 6) is 1.31. The van der Waals surface area contributed by atoms with Crippen molar-refractivity contribution < 1.29 is 4.74 Å². The average molecular weight is 416 g/mol. The van der Waals surface area contributed by atoms with E-state index in [1.165, 1.54) is 0 Å². The Balaban J connectivity index is 1.91. The Bertz CT molecular complexity index is 1170. The van der Waals surface area contributed by atoms with Crippen molar-refractivity contribution in [1.82, 2.24) is 14.5 Å². The number of benzene rings is 1. The molecule has 158 valence electrons. The van der Waals surface area contributed by atoms with Crippen molar-refractivity contribution in [3.05, 3.63) is 58.6 Å². The first-order valence-electron chi connectivity index (χ1n) is 10.1. The van der Waals surface area contributed by atoms with E-state index in [0.717, 1.165) is 31.5 Å². The van der Waals surface area contributed by atoms with E-state index in [4.69, 9.17) is 20.7 Å². The fraction of sp³-hybridized carbons (Fsp3) is 0.304. The third kappa shape index (κ3) is 4.00. The minimum atomic E-state index is -0.149. The molecule has 1 aliphatic heterocycles. The second-order valence-electron chi connectivity index (χ2n) is 7.60. The van der Waals surface area contributed by atoms with Crippen LogP contribution in [0.5, 0.6) is 5.75 Å². The number of piperidine rings is 1. The van der Waals surface area contributed by atoms with Gasteiger partial charge in [-0.3, -0.25) is 9.36 Å². The number of aromatic nitrogens is 3. The second-order valence-corrected chi connectivity index (χ2v) is 7.60. The van der Waals surface area contributed by atoms with Gasteiger partial charge in [-0.05, 0) is 42.7 Å². The summed E-state index contributed by atoms with van der Waals surface area (Å²) in [5, 5.41) is 9.09. The number of hydrogen-bond donors (Lipinski definition) is 1. The van der Waals surface area contributed by atoms with Gasteiger partial charge < -0.3 is 15.4 Å². The third-order valence-electron chi connectivity index (χ3n) is 5.62. The monoisotopic (exact) mass is 416 g/mol. The van der Waals surface area contributed by atoms with Crippen LogP contribution >= 0.6 is 0 Å². The molecule has 0 bridgehead atoms. The average Bonchev–Trinajstić information content (AvgIpc) is 2.81. The smallest absolute Gasteiger partial charge is 0.263 e. The van der Waals surface area contributed by atoms with Crippen LogP contribution in [0.25, 0.3) is 22.4 Å². The predicted octanol–water partition coefficient (Wildman–Crippen LogP) is 2.32. The molecule has 1 aromatic carbocycles. The van der Waals surface area contributed by atoms with Gasteiger partial charge in [0.05, 0.1) is 18.4 Å². The number of ether oxygens (including phenoxy) is 1. The first-order chi connectivity index (χ1) is 15.0. The van der Waals surface area contributed by atoms with Crippen molar-refractivity contribution in [2.45, 2.75) is 18.9 Å². The highest BCUT2D eigenvalue weighted by molar-refractivity contribution is 5.81. The zero-order chi connectivity index (χ0) is 22.0. The number of anilines is 1. The normalized spacial score (nSPS) is 14.3. The zero-order valence-electron chi connectivity index (χ0n) is 17.6. The lowest BCUT2D eigenvalue weighted by atomic mass is 10.0. The van der Waals surface area contributed by atoms with E-state index in [-0.39, 0.29) is 11.6 Å². The molecule has 0 aliphatic carbocycles. The summed E-state index contributed by atoms with van der Waals surface area (Å²) in [6, 6.07) is 12.9. The van der Waals surface area contributed by atoms with Crippen LogP contribution in [0, 0.1) is 11.3 Å². The van der Waals surface area contributed by atoms with Gasteiger partial charge in [-0.2, -0.15) is 5.26 Å². The Morgan fingerprint density at radius 1 is 1.13 bits per heavy atom. The van der Waals surface area contributed by atoms with Crippen molar-refractivity contribution in [3.8, 4) is 34.2 Å². The van der Waals surface area contributed by atoms with Crippen LogP contribution in [0.3, 0.4) is 0 Å². The van der Waals surface area contributed by atoms with E-state index in [1.807, 2.05) is 30.3 Å². The number of nitriles is 1. The molecule has 0 spiro atoms. The molecule has 0 unspecified atom stereocenters. The molecule has 1 aliphatic rings. The summed E-state index contributed by atoms with van der Waals surface area (Å²) in [6.07, 6.45) is 3.29. The summed E-state index contributed by atoms with van der Waals surface area (Å²) >= 11 is 0. The largest absolute Gasteiger partial charge is 0.497 e. The van der Waals surface area contributed by atoms with Gasteiger partial charge in [0.1, 0.15) is 17.5 Å². The van der Waals surface area contributed by atoms with Crippen molar-refractivity contribution in [2.75, 3.05) is 25.1 Å². The third-order valence-corrected chi connectivity index (χ3v) is 5.62. The molecular weight excluding hydrogens is 392 g/mol. The molecule has 2 N–H and O–H groups in total. The first-order valence-corrected chi connectivity index (χ1v) is 10.1. The van der Waals surface area contributed by atoms with Gasteiger partial charge in [-0.1, -0.05) is 12.1 Å². The lowest BCUT2D eigenvalue weighted by Crippen LogP contribution is -2.42. The second kappa shape index (κ2) is 8.58. The highest BCUT2D eigenvalue weighted by Crippen LogP contribution is 2.31. The SMILES string of the molecule is COc1ccc(-c2c(-c3ccc(C#N)nc3)nc(N3CCC(N)CC3)n(C)c2=O)cc1. The van der Waals surface area contributed by atoms with E-state index in [0.29, 0.717) is 34.2 Å². The highest BCUT2D eigenvalue weighted by atomic mass is 16.5. The summed E-state index contributed by atoms with van der Waals surface area (Å²) < 4.78 is 6.84. The number of methoxy groups -OCH3 is 1. The fourth-order valence-electron chi connectivity index (χ4n) is 3.80. The minimum Gasteiger partial charge on any atom is -0.497 e. The standard InChI is InChI=1S/C23H24N6O2/c1-28-22(30)20(15-4-7-19(31-2)8-5-15)21(16-3-6-18(13-24)26-14-16)27-23(28)29-11-9-17(25)10-12-29/h3-8,14,17H,9-12,25H2,1-2H3. The molecule has 0 atom stereocenters. The van der Waals surface area contributed by atoms with Crippen LogP contribution < -0.4 is 20.9 Å². The van der Waals surface area contributed by atoms with E-state index < -0.39 is 0 Å². The molecule has 3 heterocycles. The van der Waals surface area contributed by atoms with Crippen molar-refractivity contribution in [2.24, 2.45) is 12.8 Å². The van der Waals surface area contributed by atoms with Gasteiger partial charge >= 0.3 is 0 Å². The van der Waals surface area contributed by atoms with Crippen LogP contribution in [0.1, 0.15) is 18.5 Å². The lowest BCUT2D eigenvalue weighted by molar-refractivity contribution is 0.415. The highest BCUT2D eigenvalue weighted by Gasteiger charge is 2.24. The van der Waals surface area contributed by atoms with Gasteiger partial charge in [-0.15, -0.1) is 0 Å². The van der Waals surface area contributed by atoms with Crippen LogP contribution in [0.2, 0.25) is 0 Å². The van der Waals surface area contributed by atoms with Gasteiger partial charge in [0.15, 0.2) is 0 Å². The predicted molar refractivity (Wildman–Crippen MR) is 119 cm³/mol. The molecule has 3 aromatic rings. The lowest BCUT2D eigenvalue weighted by Gasteiger charge is -2.32. The number of rotatable bonds is 4. The molecule has 1 fully saturated rings. The molecule has 31 heavy (non-hydrogen) atoms. The van der Waals surface area contributed by atoms with E-state index in [1.54, 1.807) is 37.1 Å². The molecular formula is C23H24N6O2. The van der Waals surface area contributed by atoms with Crippen molar-refractivity contribution >= 4 is 5.95 Å². The van der Waals surface area contributed by atoms with Gasteiger partial charge in [0, 0.05) is 37.9 Å².